The Labute approximate surface area is 108 Å². The molecule has 1 aromatic carbocycles. The lowest BCUT2D eigenvalue weighted by atomic mass is 10.1. The van der Waals surface area contributed by atoms with Crippen LogP contribution >= 0.6 is 22.6 Å². The first kappa shape index (κ1) is 11.6. The van der Waals surface area contributed by atoms with Gasteiger partial charge in [0.25, 0.3) is 0 Å². The number of nitrogens with two attached hydrogens (primary N) is 1. The van der Waals surface area contributed by atoms with Crippen LogP contribution in [0, 0.1) is 3.57 Å². The van der Waals surface area contributed by atoms with Crippen LogP contribution in [-0.4, -0.2) is 16.9 Å². The quantitative estimate of drug-likeness (QED) is 0.695. The summed E-state index contributed by atoms with van der Waals surface area (Å²) in [5.41, 5.74) is 7.25. The van der Waals surface area contributed by atoms with Crippen molar-refractivity contribution in [3.05, 3.63) is 33.5 Å². The van der Waals surface area contributed by atoms with Crippen LogP contribution in [0.5, 0.6) is 0 Å². The van der Waals surface area contributed by atoms with Gasteiger partial charge in [0.15, 0.2) is 5.78 Å². The molecule has 0 amide bonds. The molecule has 2 N–H and O–H groups in total. The SMILES string of the molecule is CCn1cc(C(=O)CN)c2cc(I)ccc21. The molecule has 2 aromatic rings. The molecule has 16 heavy (non-hydrogen) atoms. The number of nitrogens with zero attached hydrogens (tertiary/aromatic N) is 1. The predicted molar refractivity (Wildman–Crippen MR) is 73.7 cm³/mol. The van der Waals surface area contributed by atoms with Gasteiger partial charge in [-0.05, 0) is 47.7 Å². The molecule has 0 fully saturated rings. The molecule has 0 aliphatic heterocycles. The minimum absolute atomic E-state index is 0.000741. The topological polar surface area (TPSA) is 48.0 Å². The van der Waals surface area contributed by atoms with Crippen LogP contribution in [0.4, 0.5) is 0 Å². The van der Waals surface area contributed by atoms with Gasteiger partial charge in [-0.15, -0.1) is 0 Å². The van der Waals surface area contributed by atoms with Gasteiger partial charge in [-0.3, -0.25) is 4.79 Å². The molecule has 1 heterocycles. The lowest BCUT2D eigenvalue weighted by Gasteiger charge is -1.99. The number of fused-ring (bicyclic) bond motifs is 1. The second kappa shape index (κ2) is 4.55. The monoisotopic (exact) mass is 328 g/mol. The van der Waals surface area contributed by atoms with Crippen LogP contribution < -0.4 is 5.73 Å². The molecule has 0 radical (unpaired) electrons. The molecular weight excluding hydrogens is 315 g/mol. The van der Waals surface area contributed by atoms with Crippen molar-refractivity contribution in [1.29, 1.82) is 0 Å². The summed E-state index contributed by atoms with van der Waals surface area (Å²) in [6, 6.07) is 6.13. The number of carbonyl (C=O) groups is 1. The summed E-state index contributed by atoms with van der Waals surface area (Å²) < 4.78 is 3.21. The smallest absolute Gasteiger partial charge is 0.178 e. The fraction of sp³-hybridized carbons (Fsp3) is 0.250. The molecular formula is C12H13IN2O. The Hall–Kier alpha value is -0.880. The van der Waals surface area contributed by atoms with Crippen molar-refractivity contribution in [2.24, 2.45) is 5.73 Å². The van der Waals surface area contributed by atoms with Crippen LogP contribution in [0.3, 0.4) is 0 Å². The van der Waals surface area contributed by atoms with E-state index in [0.29, 0.717) is 0 Å². The minimum atomic E-state index is -0.000741. The first-order valence-corrected chi connectivity index (χ1v) is 6.27. The van der Waals surface area contributed by atoms with E-state index in [2.05, 4.69) is 34.1 Å². The Morgan fingerprint density at radius 3 is 2.88 bits per heavy atom. The molecule has 0 aliphatic carbocycles. The van der Waals surface area contributed by atoms with E-state index in [9.17, 15) is 4.79 Å². The maximum absolute atomic E-state index is 11.7. The summed E-state index contributed by atoms with van der Waals surface area (Å²) in [5.74, 6) is -0.000741. The fourth-order valence-corrected chi connectivity index (χ4v) is 2.35. The van der Waals surface area contributed by atoms with Crippen LogP contribution in [0.15, 0.2) is 24.4 Å². The number of carbonyl (C=O) groups excluding carboxylic acids is 1. The molecule has 3 nitrogen and oxygen atoms in total. The van der Waals surface area contributed by atoms with E-state index in [1.807, 2.05) is 24.4 Å². The maximum atomic E-state index is 11.7. The van der Waals surface area contributed by atoms with E-state index in [1.165, 1.54) is 0 Å². The molecule has 1 aromatic heterocycles. The van der Waals surface area contributed by atoms with Gasteiger partial charge < -0.3 is 10.3 Å². The number of halogens is 1. The Bertz CT molecular complexity index is 545. The summed E-state index contributed by atoms with van der Waals surface area (Å²) >= 11 is 2.25. The molecule has 0 aliphatic rings. The zero-order valence-corrected chi connectivity index (χ0v) is 11.2. The van der Waals surface area contributed by atoms with E-state index < -0.39 is 0 Å². The third-order valence-corrected chi connectivity index (χ3v) is 3.34. The van der Waals surface area contributed by atoms with Crippen molar-refractivity contribution in [1.82, 2.24) is 4.57 Å². The summed E-state index contributed by atoms with van der Waals surface area (Å²) in [5, 5.41) is 1.00. The lowest BCUT2D eigenvalue weighted by molar-refractivity contribution is 0.100. The Balaban J connectivity index is 2.73. The highest BCUT2D eigenvalue weighted by Crippen LogP contribution is 2.24. The Morgan fingerprint density at radius 2 is 2.25 bits per heavy atom. The van der Waals surface area contributed by atoms with Crippen molar-refractivity contribution in [3.8, 4) is 0 Å². The standard InChI is InChI=1S/C12H13IN2O/c1-2-15-7-10(12(16)6-14)9-5-8(13)3-4-11(9)15/h3-5,7H,2,6,14H2,1H3. The third-order valence-electron chi connectivity index (χ3n) is 2.67. The second-order valence-corrected chi connectivity index (χ2v) is 4.86. The number of aromatic nitrogens is 1. The first-order valence-electron chi connectivity index (χ1n) is 5.19. The molecule has 0 spiro atoms. The van der Waals surface area contributed by atoms with Gasteiger partial charge in [0.2, 0.25) is 0 Å². The van der Waals surface area contributed by atoms with E-state index in [0.717, 1.165) is 26.6 Å². The molecule has 4 heteroatoms. The average Bonchev–Trinajstić information content (AvgIpc) is 2.66. The predicted octanol–water partition coefficient (Wildman–Crippen LogP) is 2.41. The van der Waals surface area contributed by atoms with Gasteiger partial charge in [-0.2, -0.15) is 0 Å². The number of benzene rings is 1. The van der Waals surface area contributed by atoms with Gasteiger partial charge in [0, 0.05) is 32.8 Å². The van der Waals surface area contributed by atoms with Gasteiger partial charge in [0.05, 0.1) is 6.54 Å². The third kappa shape index (κ3) is 1.87. The lowest BCUT2D eigenvalue weighted by Crippen LogP contribution is -2.13. The largest absolute Gasteiger partial charge is 0.347 e. The van der Waals surface area contributed by atoms with Crippen LogP contribution in [0.1, 0.15) is 17.3 Å². The van der Waals surface area contributed by atoms with Crippen LogP contribution in [0.25, 0.3) is 10.9 Å². The molecule has 2 rings (SSSR count). The van der Waals surface area contributed by atoms with Gasteiger partial charge in [-0.25, -0.2) is 0 Å². The van der Waals surface area contributed by atoms with Gasteiger partial charge >= 0.3 is 0 Å². The average molecular weight is 328 g/mol. The normalized spacial score (nSPS) is 10.9. The number of rotatable bonds is 3. The highest BCUT2D eigenvalue weighted by Gasteiger charge is 2.13. The van der Waals surface area contributed by atoms with Crippen LogP contribution in [-0.2, 0) is 6.54 Å². The van der Waals surface area contributed by atoms with Gasteiger partial charge in [0.1, 0.15) is 0 Å². The molecule has 0 saturated carbocycles. The zero-order chi connectivity index (χ0) is 11.7. The number of ketones is 1. The molecule has 0 atom stereocenters. The number of hydrogen-bond donors (Lipinski definition) is 1. The number of aryl methyl sites for hydroxylation is 1. The number of Topliss-reactive ketones (excluding diaryl/α,β-unsaturated/α-hetero) is 1. The first-order chi connectivity index (χ1) is 7.67. The maximum Gasteiger partial charge on any atom is 0.178 e. The molecule has 84 valence electrons. The molecule has 0 bridgehead atoms. The summed E-state index contributed by atoms with van der Waals surface area (Å²) in [6.45, 7) is 2.98. The van der Waals surface area contributed by atoms with Crippen molar-refractivity contribution < 1.29 is 4.79 Å². The van der Waals surface area contributed by atoms with Crippen LogP contribution in [0.2, 0.25) is 0 Å². The number of hydrogen-bond acceptors (Lipinski definition) is 2. The zero-order valence-electron chi connectivity index (χ0n) is 9.03. The Morgan fingerprint density at radius 1 is 1.50 bits per heavy atom. The van der Waals surface area contributed by atoms with Crippen molar-refractivity contribution in [2.75, 3.05) is 6.54 Å². The van der Waals surface area contributed by atoms with E-state index in [1.54, 1.807) is 0 Å². The van der Waals surface area contributed by atoms with E-state index >= 15 is 0 Å². The van der Waals surface area contributed by atoms with E-state index in [4.69, 9.17) is 5.73 Å². The highest BCUT2D eigenvalue weighted by molar-refractivity contribution is 14.1. The highest BCUT2D eigenvalue weighted by atomic mass is 127. The van der Waals surface area contributed by atoms with Crippen molar-refractivity contribution >= 4 is 39.3 Å². The van der Waals surface area contributed by atoms with Gasteiger partial charge in [-0.1, -0.05) is 0 Å². The van der Waals surface area contributed by atoms with Crippen molar-refractivity contribution in [3.63, 3.8) is 0 Å². The summed E-state index contributed by atoms with van der Waals surface area (Å²) in [7, 11) is 0. The molecule has 0 unspecified atom stereocenters. The van der Waals surface area contributed by atoms with E-state index in [-0.39, 0.29) is 12.3 Å². The van der Waals surface area contributed by atoms with Crippen molar-refractivity contribution in [2.45, 2.75) is 13.5 Å². The second-order valence-electron chi connectivity index (χ2n) is 3.62. The summed E-state index contributed by atoms with van der Waals surface area (Å²) in [4.78, 5) is 11.7. The Kier molecular flexibility index (Phi) is 3.30. The summed E-state index contributed by atoms with van der Waals surface area (Å²) in [6.07, 6.45) is 1.90. The molecule has 0 saturated heterocycles. The minimum Gasteiger partial charge on any atom is -0.347 e. The fourth-order valence-electron chi connectivity index (χ4n) is 1.86.